The number of benzene rings is 5. The second-order valence-electron chi connectivity index (χ2n) is 19.3. The van der Waals surface area contributed by atoms with Gasteiger partial charge in [-0.15, -0.1) is 0 Å². The van der Waals surface area contributed by atoms with Gasteiger partial charge in [0.1, 0.15) is 19.0 Å². The van der Waals surface area contributed by atoms with E-state index in [1.54, 1.807) is 22.3 Å². The van der Waals surface area contributed by atoms with Gasteiger partial charge in [-0.3, -0.25) is 0 Å². The van der Waals surface area contributed by atoms with Gasteiger partial charge in [0, 0.05) is 11.1 Å². The fourth-order valence-electron chi connectivity index (χ4n) is 9.79. The summed E-state index contributed by atoms with van der Waals surface area (Å²) in [6.45, 7) is 25.1. The Balaban J connectivity index is 0.000000131. The Bertz CT molecular complexity index is 2100. The molecule has 5 aromatic rings. The molecule has 5 heteroatoms. The third-order valence-electron chi connectivity index (χ3n) is 13.3. The highest BCUT2D eigenvalue weighted by Crippen LogP contribution is 2.41. The molecule has 10 rings (SSSR count). The molecule has 0 spiro atoms. The minimum absolute atomic E-state index is 0.360. The highest BCUT2D eigenvalue weighted by Gasteiger charge is 2.25. The van der Waals surface area contributed by atoms with Crippen molar-refractivity contribution >= 4 is 0 Å². The molecular formula is C58H76O5. The number of hydrogen-bond acceptors (Lipinski definition) is 5. The Labute approximate surface area is 380 Å². The molecule has 3 heterocycles. The van der Waals surface area contributed by atoms with Crippen molar-refractivity contribution < 1.29 is 23.7 Å². The summed E-state index contributed by atoms with van der Waals surface area (Å²) in [6.07, 6.45) is 7.86. The van der Waals surface area contributed by atoms with E-state index in [4.69, 9.17) is 23.7 Å². The molecule has 338 valence electrons. The molecule has 0 N–H and O–H groups in total. The summed E-state index contributed by atoms with van der Waals surface area (Å²) < 4.78 is 27.3. The first-order valence-corrected chi connectivity index (χ1v) is 24.1. The lowest BCUT2D eigenvalue weighted by Crippen LogP contribution is -2.17. The number of fused-ring (bicyclic) bond motifs is 5. The molecule has 0 fully saturated rings. The van der Waals surface area contributed by atoms with Crippen LogP contribution in [0.3, 0.4) is 0 Å². The number of rotatable bonds is 5. The largest absolute Gasteiger partial charge is 0.493 e. The predicted molar refractivity (Wildman–Crippen MR) is 262 cm³/mol. The highest BCUT2D eigenvalue weighted by atomic mass is 16.7. The molecule has 5 aliphatic rings. The number of para-hydroxylation sites is 3. The molecule has 63 heavy (non-hydrogen) atoms. The standard InChI is InChI=1S/C13H18.C12H16O.C12H16.C11H14O2.C10H12O2/c1-10(2)12-9-5-7-11-6-3-4-8-13(11)12;1-9(2)10-7-8-13-12-6-4-3-5-11(10)12;1-9(2)11-8-7-10-5-3-4-6-12(10)11;1-8(2)9-4-3-5-10-11(9)13-7-6-12-10;1-7(2)8-4-3-5-9-10(8)12-6-11-9/h3-4,6,8,10,12H,5,7,9H2,1-2H3;3-6,9-10H,7-8H2,1-2H3;3-6,9,11H,7-8H2,1-2H3;3-5,8H,6-7H2,1-2H3;3-5,7H,6H2,1-2H3. The quantitative estimate of drug-likeness (QED) is 0.176. The summed E-state index contributed by atoms with van der Waals surface area (Å²) in [6, 6.07) is 38.4. The summed E-state index contributed by atoms with van der Waals surface area (Å²) in [7, 11) is 0. The molecule has 0 amide bonds. The molecule has 0 bridgehead atoms. The Morgan fingerprint density at radius 3 is 1.44 bits per heavy atom. The van der Waals surface area contributed by atoms with Gasteiger partial charge in [0.2, 0.25) is 6.79 Å². The monoisotopic (exact) mass is 853 g/mol. The zero-order valence-corrected chi connectivity index (χ0v) is 40.1. The van der Waals surface area contributed by atoms with Crippen LogP contribution in [0.25, 0.3) is 0 Å². The topological polar surface area (TPSA) is 46.2 Å². The van der Waals surface area contributed by atoms with Crippen LogP contribution in [0, 0.1) is 17.8 Å². The average molecular weight is 853 g/mol. The summed E-state index contributed by atoms with van der Waals surface area (Å²) in [5.41, 5.74) is 10.2. The normalized spacial score (nSPS) is 18.6. The van der Waals surface area contributed by atoms with Crippen LogP contribution in [0.15, 0.2) is 109 Å². The molecule has 0 radical (unpaired) electrons. The van der Waals surface area contributed by atoms with Gasteiger partial charge in [-0.05, 0) is 132 Å². The first kappa shape index (κ1) is 47.6. The molecule has 0 saturated heterocycles. The van der Waals surface area contributed by atoms with Crippen LogP contribution in [0.5, 0.6) is 28.7 Å². The molecule has 5 aromatic carbocycles. The van der Waals surface area contributed by atoms with Crippen LogP contribution in [0.4, 0.5) is 0 Å². The molecule has 3 aliphatic heterocycles. The Morgan fingerprint density at radius 1 is 0.381 bits per heavy atom. The Kier molecular flexibility index (Phi) is 17.5. The van der Waals surface area contributed by atoms with Gasteiger partial charge in [-0.1, -0.05) is 160 Å². The molecule has 3 unspecified atom stereocenters. The van der Waals surface area contributed by atoms with Crippen LogP contribution in [-0.4, -0.2) is 26.6 Å². The van der Waals surface area contributed by atoms with Crippen molar-refractivity contribution in [1.82, 2.24) is 0 Å². The zero-order valence-electron chi connectivity index (χ0n) is 40.1. The first-order chi connectivity index (χ1) is 30.4. The molecule has 3 atom stereocenters. The SMILES string of the molecule is CC(C)C1CCCc2ccccc21.CC(C)C1CCOc2ccccc21.CC(C)C1CCc2ccccc21.CC(C)c1cccc2c1OCCO2.CC(C)c1cccc2c1OCO2. The summed E-state index contributed by atoms with van der Waals surface area (Å²) >= 11 is 0. The van der Waals surface area contributed by atoms with Crippen LogP contribution in [-0.2, 0) is 12.8 Å². The summed E-state index contributed by atoms with van der Waals surface area (Å²) in [5.74, 6) is 10.3. The second-order valence-corrected chi connectivity index (χ2v) is 19.3. The van der Waals surface area contributed by atoms with E-state index in [1.807, 2.05) is 30.3 Å². The molecule has 2 aliphatic carbocycles. The van der Waals surface area contributed by atoms with Crippen LogP contribution in [0.1, 0.15) is 163 Å². The minimum Gasteiger partial charge on any atom is -0.493 e. The van der Waals surface area contributed by atoms with Crippen LogP contribution in [0.2, 0.25) is 0 Å². The fraction of sp³-hybridized carbons (Fsp3) is 0.483. The van der Waals surface area contributed by atoms with Crippen molar-refractivity contribution in [2.45, 2.75) is 137 Å². The Hall–Kier alpha value is -4.90. The van der Waals surface area contributed by atoms with Gasteiger partial charge in [-0.25, -0.2) is 0 Å². The minimum atomic E-state index is 0.360. The van der Waals surface area contributed by atoms with Gasteiger partial charge >= 0.3 is 0 Å². The Morgan fingerprint density at radius 2 is 0.841 bits per heavy atom. The van der Waals surface area contributed by atoms with E-state index < -0.39 is 0 Å². The average Bonchev–Trinajstić information content (AvgIpc) is 3.97. The molecule has 0 saturated carbocycles. The van der Waals surface area contributed by atoms with Gasteiger partial charge in [-0.2, -0.15) is 0 Å². The molecule has 5 nitrogen and oxygen atoms in total. The third-order valence-corrected chi connectivity index (χ3v) is 13.3. The highest BCUT2D eigenvalue weighted by molar-refractivity contribution is 5.50. The van der Waals surface area contributed by atoms with Gasteiger partial charge < -0.3 is 23.7 Å². The number of ether oxygens (including phenoxy) is 5. The van der Waals surface area contributed by atoms with E-state index in [0.717, 1.165) is 65.4 Å². The maximum absolute atomic E-state index is 5.60. The van der Waals surface area contributed by atoms with Gasteiger partial charge in [0.15, 0.2) is 23.0 Å². The van der Waals surface area contributed by atoms with E-state index in [2.05, 4.69) is 148 Å². The fourth-order valence-corrected chi connectivity index (χ4v) is 9.79. The number of hydrogen-bond donors (Lipinski definition) is 0. The maximum Gasteiger partial charge on any atom is 0.231 e. The summed E-state index contributed by atoms with van der Waals surface area (Å²) in [5, 5.41) is 0. The smallest absolute Gasteiger partial charge is 0.231 e. The summed E-state index contributed by atoms with van der Waals surface area (Å²) in [4.78, 5) is 0. The first-order valence-electron chi connectivity index (χ1n) is 24.1. The molecular weight excluding hydrogens is 777 g/mol. The van der Waals surface area contributed by atoms with E-state index in [0.29, 0.717) is 43.7 Å². The molecule has 0 aromatic heterocycles. The maximum atomic E-state index is 5.60. The lowest BCUT2D eigenvalue weighted by atomic mass is 9.77. The van der Waals surface area contributed by atoms with Crippen LogP contribution >= 0.6 is 0 Å². The zero-order chi connectivity index (χ0) is 44.9. The van der Waals surface area contributed by atoms with Crippen molar-refractivity contribution in [3.05, 3.63) is 148 Å². The van der Waals surface area contributed by atoms with Crippen molar-refractivity contribution in [2.75, 3.05) is 26.6 Å². The van der Waals surface area contributed by atoms with Crippen molar-refractivity contribution in [2.24, 2.45) is 17.8 Å². The van der Waals surface area contributed by atoms with E-state index in [9.17, 15) is 0 Å². The van der Waals surface area contributed by atoms with Crippen LogP contribution < -0.4 is 23.7 Å². The number of aryl methyl sites for hydroxylation is 2. The van der Waals surface area contributed by atoms with Gasteiger partial charge in [0.25, 0.3) is 0 Å². The van der Waals surface area contributed by atoms with Crippen molar-refractivity contribution in [3.8, 4) is 28.7 Å². The van der Waals surface area contributed by atoms with E-state index in [1.165, 1.54) is 48.8 Å². The second kappa shape index (κ2) is 23.2. The lowest BCUT2D eigenvalue weighted by molar-refractivity contribution is 0.169. The van der Waals surface area contributed by atoms with E-state index in [-0.39, 0.29) is 0 Å². The van der Waals surface area contributed by atoms with Gasteiger partial charge in [0.05, 0.1) is 6.61 Å². The van der Waals surface area contributed by atoms with Crippen molar-refractivity contribution in [3.63, 3.8) is 0 Å². The predicted octanol–water partition coefficient (Wildman–Crippen LogP) is 15.5. The third kappa shape index (κ3) is 12.4. The van der Waals surface area contributed by atoms with E-state index >= 15 is 0 Å². The van der Waals surface area contributed by atoms with Crippen molar-refractivity contribution in [1.29, 1.82) is 0 Å². The lowest BCUT2D eigenvalue weighted by Gasteiger charge is -2.28.